The zero-order valence-electron chi connectivity index (χ0n) is 25.6. The van der Waals surface area contributed by atoms with Crippen molar-refractivity contribution >= 4 is 51.7 Å². The molecule has 12 nitrogen and oxygen atoms in total. The number of rotatable bonds is 5. The van der Waals surface area contributed by atoms with Crippen molar-refractivity contribution in [3.05, 3.63) is 46.4 Å². The number of halogens is 1. The summed E-state index contributed by atoms with van der Waals surface area (Å²) in [5.74, 6) is -0.0492. The number of hydrogen-bond donors (Lipinski definition) is 1. The smallest absolute Gasteiger partial charge is 0.332 e. The summed E-state index contributed by atoms with van der Waals surface area (Å²) in [5, 5.41) is 15.3. The van der Waals surface area contributed by atoms with Gasteiger partial charge in [-0.25, -0.2) is 19.6 Å². The number of esters is 1. The van der Waals surface area contributed by atoms with Crippen molar-refractivity contribution in [1.29, 1.82) is 5.26 Å². The van der Waals surface area contributed by atoms with Crippen LogP contribution in [-0.4, -0.2) is 89.7 Å². The highest BCUT2D eigenvalue weighted by atomic mass is 35.5. The Morgan fingerprint density at radius 1 is 1.22 bits per heavy atom. The molecule has 2 fully saturated rings. The molecule has 2 aliphatic heterocycles. The van der Waals surface area contributed by atoms with Gasteiger partial charge < -0.3 is 29.3 Å². The Morgan fingerprint density at radius 2 is 2.04 bits per heavy atom. The fraction of sp³-hybridized carbons (Fsp3) is 0.438. The normalized spacial score (nSPS) is 24.8. The van der Waals surface area contributed by atoms with Crippen LogP contribution >= 0.6 is 22.9 Å². The van der Waals surface area contributed by atoms with E-state index in [1.807, 2.05) is 18.2 Å². The molecule has 0 unspecified atom stereocenters. The zero-order valence-corrected chi connectivity index (χ0v) is 27.2. The minimum absolute atomic E-state index is 0.0900. The lowest BCUT2D eigenvalue weighted by molar-refractivity contribution is -0.144. The molecule has 46 heavy (non-hydrogen) atoms. The molecule has 1 saturated carbocycles. The van der Waals surface area contributed by atoms with Gasteiger partial charge in [0.05, 0.1) is 26.3 Å². The van der Waals surface area contributed by atoms with Gasteiger partial charge in [-0.3, -0.25) is 4.79 Å². The Hall–Kier alpha value is -4.41. The fourth-order valence-corrected chi connectivity index (χ4v) is 7.16. The van der Waals surface area contributed by atoms with Crippen molar-refractivity contribution in [3.63, 3.8) is 0 Å². The minimum Gasteiger partial charge on any atom is -0.495 e. The van der Waals surface area contributed by atoms with E-state index in [4.69, 9.17) is 30.8 Å². The molecule has 3 aliphatic rings. The number of carbonyl (C=O) groups is 3. The standard InChI is InChI=1S/C32H33ClN6O6S/c1-38-11-7-5-4-6-8-18-14-32(18,30(41)44-3)37-31(42)39-16-20(12-23(39)29(38)40)45-25-13-22(28-35-19(15-34)17-46-28)36-27-21(25)9-10-24(43-2)26(27)33/h6,8-10,13,17-18,20,23H,4-5,7,11-12,14,16H2,1-3H3,(H,37,42)/t18-,20+,23+,32-/m1/s1. The summed E-state index contributed by atoms with van der Waals surface area (Å²) in [4.78, 5) is 52.7. The van der Waals surface area contributed by atoms with E-state index < -0.39 is 29.7 Å². The SMILES string of the molecule is COC(=O)[C@@]12C[C@H]1C=CCCCCN(C)C(=O)[C@@H]1C[C@H](Oc3cc(-c4nc(C#N)cs4)nc4c(Cl)c(OC)ccc34)CN1C(=O)N2. The van der Waals surface area contributed by atoms with Crippen LogP contribution in [0.1, 0.15) is 37.8 Å². The molecule has 2 aromatic heterocycles. The quantitative estimate of drug-likeness (QED) is 0.306. The third-order valence-electron chi connectivity index (χ3n) is 8.76. The molecule has 0 bridgehead atoms. The van der Waals surface area contributed by atoms with Crippen molar-refractivity contribution in [2.24, 2.45) is 5.92 Å². The molecule has 1 N–H and O–H groups in total. The average molecular weight is 665 g/mol. The molecule has 1 saturated heterocycles. The summed E-state index contributed by atoms with van der Waals surface area (Å²) < 4.78 is 17.1. The first-order valence-electron chi connectivity index (χ1n) is 15.0. The van der Waals surface area contributed by atoms with E-state index in [1.165, 1.54) is 30.5 Å². The highest BCUT2D eigenvalue weighted by Crippen LogP contribution is 2.46. The number of nitrogens with one attached hydrogen (secondary N) is 1. The summed E-state index contributed by atoms with van der Waals surface area (Å²) in [5.41, 5.74) is -0.0482. The van der Waals surface area contributed by atoms with Gasteiger partial charge in [0, 0.05) is 42.8 Å². The molecule has 4 heterocycles. The first-order valence-corrected chi connectivity index (χ1v) is 16.2. The number of methoxy groups -OCH3 is 2. The lowest BCUT2D eigenvalue weighted by Gasteiger charge is -2.29. The van der Waals surface area contributed by atoms with Crippen LogP contribution in [0, 0.1) is 17.2 Å². The van der Waals surface area contributed by atoms with Gasteiger partial charge in [-0.2, -0.15) is 5.26 Å². The number of nitriles is 1. The van der Waals surface area contributed by atoms with Crippen molar-refractivity contribution < 1.29 is 28.6 Å². The highest BCUT2D eigenvalue weighted by Gasteiger charge is 2.62. The Balaban J connectivity index is 1.35. The topological polar surface area (TPSA) is 147 Å². The number of pyridine rings is 1. The predicted molar refractivity (Wildman–Crippen MR) is 171 cm³/mol. The van der Waals surface area contributed by atoms with Crippen LogP contribution in [0.3, 0.4) is 0 Å². The molecule has 1 aromatic carbocycles. The van der Waals surface area contributed by atoms with Crippen molar-refractivity contribution in [1.82, 2.24) is 25.1 Å². The second-order valence-electron chi connectivity index (χ2n) is 11.7. The van der Waals surface area contributed by atoms with Crippen LogP contribution in [0.4, 0.5) is 4.79 Å². The lowest BCUT2D eigenvalue weighted by Crippen LogP contribution is -2.55. The van der Waals surface area contributed by atoms with Gasteiger partial charge >= 0.3 is 12.0 Å². The monoisotopic (exact) mass is 664 g/mol. The molecular weight excluding hydrogens is 632 g/mol. The molecule has 4 atom stereocenters. The maximum absolute atomic E-state index is 13.9. The van der Waals surface area contributed by atoms with Crippen molar-refractivity contribution in [3.8, 4) is 28.3 Å². The number of hydrogen-bond acceptors (Lipinski definition) is 10. The molecule has 0 spiro atoms. The van der Waals surface area contributed by atoms with Gasteiger partial charge in [-0.15, -0.1) is 11.3 Å². The van der Waals surface area contributed by atoms with Gasteiger partial charge in [0.1, 0.15) is 51.0 Å². The van der Waals surface area contributed by atoms with Crippen molar-refractivity contribution in [2.45, 2.75) is 49.8 Å². The number of likely N-dealkylation sites (N-methyl/N-ethyl adjacent to an activating group) is 1. The molecule has 240 valence electrons. The van der Waals surface area contributed by atoms with Crippen LogP contribution in [0.15, 0.2) is 35.7 Å². The number of aromatic nitrogens is 2. The van der Waals surface area contributed by atoms with Crippen molar-refractivity contribution in [2.75, 3.05) is 34.4 Å². The Labute approximate surface area is 274 Å². The van der Waals surface area contributed by atoms with E-state index in [-0.39, 0.29) is 35.5 Å². The Kier molecular flexibility index (Phi) is 8.76. The number of fused-ring (bicyclic) bond motifs is 3. The average Bonchev–Trinajstić information content (AvgIpc) is 3.36. The minimum atomic E-state index is -1.17. The van der Waals surface area contributed by atoms with Gasteiger partial charge in [0.25, 0.3) is 0 Å². The third-order valence-corrected chi connectivity index (χ3v) is 9.99. The van der Waals surface area contributed by atoms with Gasteiger partial charge in [-0.1, -0.05) is 23.8 Å². The van der Waals surface area contributed by atoms with Gasteiger partial charge in [0.2, 0.25) is 5.91 Å². The Morgan fingerprint density at radius 3 is 2.78 bits per heavy atom. The molecule has 3 amide bonds. The van der Waals surface area contributed by atoms with E-state index in [1.54, 1.807) is 35.5 Å². The van der Waals surface area contributed by atoms with E-state index in [0.717, 1.165) is 19.3 Å². The maximum atomic E-state index is 13.9. The third kappa shape index (κ3) is 5.83. The van der Waals surface area contributed by atoms with Crippen LogP contribution in [0.2, 0.25) is 5.02 Å². The molecule has 1 aliphatic carbocycles. The summed E-state index contributed by atoms with van der Waals surface area (Å²) >= 11 is 7.96. The maximum Gasteiger partial charge on any atom is 0.332 e. The lowest BCUT2D eigenvalue weighted by atomic mass is 10.1. The van der Waals surface area contributed by atoms with E-state index in [2.05, 4.69) is 10.3 Å². The summed E-state index contributed by atoms with van der Waals surface area (Å²) in [6.07, 6.45) is 6.57. The number of urea groups is 1. The van der Waals surface area contributed by atoms with Crippen LogP contribution in [0.5, 0.6) is 11.5 Å². The molecule has 14 heteroatoms. The second-order valence-corrected chi connectivity index (χ2v) is 12.9. The number of benzene rings is 1. The summed E-state index contributed by atoms with van der Waals surface area (Å²) in [6.45, 7) is 0.642. The second kappa shape index (κ2) is 12.8. The number of ether oxygens (including phenoxy) is 3. The number of amides is 3. The largest absolute Gasteiger partial charge is 0.495 e. The highest BCUT2D eigenvalue weighted by molar-refractivity contribution is 7.13. The first-order chi connectivity index (χ1) is 22.2. The molecular formula is C32H33ClN6O6S. The molecule has 3 aromatic rings. The van der Waals surface area contributed by atoms with Crippen LogP contribution in [0.25, 0.3) is 21.6 Å². The zero-order chi connectivity index (χ0) is 32.6. The van der Waals surface area contributed by atoms with E-state index >= 15 is 0 Å². The van der Waals surface area contributed by atoms with Crippen LogP contribution in [-0.2, 0) is 14.3 Å². The molecule has 6 rings (SSSR count). The number of carbonyl (C=O) groups excluding carboxylic acids is 3. The first kappa shape index (κ1) is 31.6. The summed E-state index contributed by atoms with van der Waals surface area (Å²) in [6, 6.07) is 5.91. The van der Waals surface area contributed by atoms with Gasteiger partial charge in [0.15, 0.2) is 5.69 Å². The fourth-order valence-electron chi connectivity index (χ4n) is 6.17. The predicted octanol–water partition coefficient (Wildman–Crippen LogP) is 4.55. The number of allylic oxidation sites excluding steroid dienone is 1. The number of nitrogens with zero attached hydrogens (tertiary/aromatic N) is 5. The van der Waals surface area contributed by atoms with E-state index in [9.17, 15) is 19.6 Å². The van der Waals surface area contributed by atoms with Crippen LogP contribution < -0.4 is 14.8 Å². The van der Waals surface area contributed by atoms with Gasteiger partial charge in [-0.05, 0) is 37.8 Å². The van der Waals surface area contributed by atoms with E-state index in [0.29, 0.717) is 46.1 Å². The Bertz CT molecular complexity index is 1770. The summed E-state index contributed by atoms with van der Waals surface area (Å²) in [7, 11) is 4.55. The number of thiazole rings is 1. The molecule has 0 radical (unpaired) electrons.